The van der Waals surface area contributed by atoms with Crippen LogP contribution in [0.25, 0.3) is 0 Å². The van der Waals surface area contributed by atoms with Crippen molar-refractivity contribution in [2.24, 2.45) is 20.0 Å². The number of aliphatic hydroxyl groups excluding tert-OH is 1. The van der Waals surface area contributed by atoms with Crippen LogP contribution >= 0.6 is 0 Å². The predicted octanol–water partition coefficient (Wildman–Crippen LogP) is -0.279. The van der Waals surface area contributed by atoms with Crippen LogP contribution in [0.5, 0.6) is 0 Å². The van der Waals surface area contributed by atoms with Gasteiger partial charge in [0.1, 0.15) is 5.69 Å². The molecule has 0 spiro atoms. The zero-order valence-electron chi connectivity index (χ0n) is 14.0. The summed E-state index contributed by atoms with van der Waals surface area (Å²) < 4.78 is 2.08. The normalized spacial score (nSPS) is 20.6. The van der Waals surface area contributed by atoms with Crippen LogP contribution in [0, 0.1) is 5.92 Å². The molecule has 1 aliphatic carbocycles. The molecule has 2 aromatic rings. The summed E-state index contributed by atoms with van der Waals surface area (Å²) in [5.41, 5.74) is -0.428. The zero-order valence-corrected chi connectivity index (χ0v) is 14.0. The third-order valence-corrected chi connectivity index (χ3v) is 4.67. The lowest BCUT2D eigenvalue weighted by Crippen LogP contribution is -2.45. The predicted molar refractivity (Wildman–Crippen MR) is 90.1 cm³/mol. The number of hydrogen-bond donors (Lipinski definition) is 2. The third-order valence-electron chi connectivity index (χ3n) is 4.67. The number of hydrogen-bond acceptors (Lipinski definition) is 5. The summed E-state index contributed by atoms with van der Waals surface area (Å²) in [6, 6.07) is 6.16. The van der Waals surface area contributed by atoms with Crippen molar-refractivity contribution < 1.29 is 9.90 Å². The van der Waals surface area contributed by atoms with E-state index in [9.17, 15) is 19.5 Å². The first-order chi connectivity index (χ1) is 11.9. The lowest BCUT2D eigenvalue weighted by atomic mass is 9.76. The van der Waals surface area contributed by atoms with E-state index in [1.165, 1.54) is 14.1 Å². The number of amides is 1. The Kier molecular flexibility index (Phi) is 4.54. The molecule has 132 valence electrons. The number of aromatic nitrogens is 3. The molecular formula is C17H20N4O4. The Balaban J connectivity index is 1.91. The van der Waals surface area contributed by atoms with Crippen molar-refractivity contribution >= 4 is 5.91 Å². The number of aliphatic hydroxyl groups is 1. The number of rotatable bonds is 4. The fourth-order valence-corrected chi connectivity index (χ4v) is 3.06. The monoisotopic (exact) mass is 344 g/mol. The first kappa shape index (κ1) is 17.1. The van der Waals surface area contributed by atoms with Crippen LogP contribution < -0.4 is 16.6 Å². The highest BCUT2D eigenvalue weighted by molar-refractivity contribution is 5.92. The molecule has 25 heavy (non-hydrogen) atoms. The average Bonchev–Trinajstić information content (AvgIpc) is 2.59. The molecule has 2 N–H and O–H groups in total. The maximum atomic E-state index is 12.7. The molecule has 1 aliphatic rings. The first-order valence-electron chi connectivity index (χ1n) is 8.05. The standard InChI is InChI=1S/C17H20N4O4/c1-20-13(9-14(23)21(2)17(20)25)16(24)19-15(10-7-11(22)8-10)12-5-3-4-6-18-12/h3-6,9-11,15,22H,7-8H2,1-2H3,(H,19,24). The largest absolute Gasteiger partial charge is 0.393 e. The van der Waals surface area contributed by atoms with E-state index in [4.69, 9.17) is 0 Å². The molecule has 3 rings (SSSR count). The first-order valence-corrected chi connectivity index (χ1v) is 8.05. The number of carbonyl (C=O) groups excluding carboxylic acids is 1. The van der Waals surface area contributed by atoms with Crippen LogP contribution in [-0.2, 0) is 14.1 Å². The smallest absolute Gasteiger partial charge is 0.331 e. The second kappa shape index (κ2) is 6.64. The number of nitrogens with one attached hydrogen (secondary N) is 1. The Morgan fingerprint density at radius 2 is 2.00 bits per heavy atom. The molecule has 1 amide bonds. The fourth-order valence-electron chi connectivity index (χ4n) is 3.06. The van der Waals surface area contributed by atoms with Crippen LogP contribution in [0.2, 0.25) is 0 Å². The molecule has 8 nitrogen and oxygen atoms in total. The second-order valence-electron chi connectivity index (χ2n) is 6.36. The molecule has 0 aromatic carbocycles. The van der Waals surface area contributed by atoms with Crippen molar-refractivity contribution in [2.75, 3.05) is 0 Å². The topological polar surface area (TPSA) is 106 Å². The minimum Gasteiger partial charge on any atom is -0.393 e. The van der Waals surface area contributed by atoms with Gasteiger partial charge in [0.2, 0.25) is 0 Å². The van der Waals surface area contributed by atoms with E-state index < -0.39 is 23.2 Å². The second-order valence-corrected chi connectivity index (χ2v) is 6.36. The van der Waals surface area contributed by atoms with Crippen LogP contribution in [-0.4, -0.2) is 31.2 Å². The Morgan fingerprint density at radius 3 is 2.60 bits per heavy atom. The van der Waals surface area contributed by atoms with E-state index in [0.29, 0.717) is 18.5 Å². The lowest BCUT2D eigenvalue weighted by Gasteiger charge is -2.37. The van der Waals surface area contributed by atoms with Gasteiger partial charge in [-0.25, -0.2) is 4.79 Å². The van der Waals surface area contributed by atoms with Crippen molar-refractivity contribution in [3.05, 3.63) is 62.7 Å². The highest BCUT2D eigenvalue weighted by Gasteiger charge is 2.36. The van der Waals surface area contributed by atoms with Gasteiger partial charge < -0.3 is 10.4 Å². The number of carbonyl (C=O) groups is 1. The Bertz CT molecular complexity index is 897. The summed E-state index contributed by atoms with van der Waals surface area (Å²) in [5, 5.41) is 12.5. The third kappa shape index (κ3) is 3.25. The Hall–Kier alpha value is -2.74. The molecule has 0 saturated heterocycles. The molecule has 1 saturated carbocycles. The van der Waals surface area contributed by atoms with E-state index in [-0.39, 0.29) is 17.7 Å². The van der Waals surface area contributed by atoms with Crippen molar-refractivity contribution in [1.29, 1.82) is 0 Å². The fraction of sp³-hybridized carbons (Fsp3) is 0.412. The Morgan fingerprint density at radius 1 is 1.28 bits per heavy atom. The molecule has 0 radical (unpaired) electrons. The van der Waals surface area contributed by atoms with Gasteiger partial charge in [-0.05, 0) is 30.9 Å². The minimum atomic E-state index is -0.564. The summed E-state index contributed by atoms with van der Waals surface area (Å²) in [4.78, 5) is 40.8. The van der Waals surface area contributed by atoms with Crippen molar-refractivity contribution in [1.82, 2.24) is 19.4 Å². The molecule has 8 heteroatoms. The van der Waals surface area contributed by atoms with Crippen molar-refractivity contribution in [3.63, 3.8) is 0 Å². The highest BCUT2D eigenvalue weighted by atomic mass is 16.3. The van der Waals surface area contributed by atoms with Gasteiger partial charge in [-0.1, -0.05) is 6.07 Å². The van der Waals surface area contributed by atoms with Crippen LogP contribution in [0.1, 0.15) is 35.1 Å². The highest BCUT2D eigenvalue weighted by Crippen LogP contribution is 2.37. The van der Waals surface area contributed by atoms with Crippen LogP contribution in [0.4, 0.5) is 0 Å². The molecule has 0 bridgehead atoms. The zero-order chi connectivity index (χ0) is 18.1. The van der Waals surface area contributed by atoms with Gasteiger partial charge in [0.25, 0.3) is 11.5 Å². The van der Waals surface area contributed by atoms with E-state index in [1.807, 2.05) is 6.07 Å². The molecule has 1 fully saturated rings. The van der Waals surface area contributed by atoms with E-state index in [1.54, 1.807) is 18.3 Å². The van der Waals surface area contributed by atoms with Gasteiger partial charge in [0.05, 0.1) is 17.8 Å². The van der Waals surface area contributed by atoms with Gasteiger partial charge >= 0.3 is 5.69 Å². The van der Waals surface area contributed by atoms with E-state index in [2.05, 4.69) is 10.3 Å². The maximum Gasteiger partial charge on any atom is 0.331 e. The van der Waals surface area contributed by atoms with E-state index in [0.717, 1.165) is 15.2 Å². The summed E-state index contributed by atoms with van der Waals surface area (Å²) in [6.45, 7) is 0. The van der Waals surface area contributed by atoms with Crippen molar-refractivity contribution in [3.8, 4) is 0 Å². The molecule has 0 aliphatic heterocycles. The quantitative estimate of drug-likeness (QED) is 0.793. The van der Waals surface area contributed by atoms with E-state index >= 15 is 0 Å². The molecule has 1 atom stereocenters. The number of nitrogens with zero attached hydrogens (tertiary/aromatic N) is 3. The molecular weight excluding hydrogens is 324 g/mol. The van der Waals surface area contributed by atoms with Gasteiger partial charge in [-0.15, -0.1) is 0 Å². The molecule has 2 aromatic heterocycles. The molecule has 1 unspecified atom stereocenters. The lowest BCUT2D eigenvalue weighted by molar-refractivity contribution is 0.0227. The van der Waals surface area contributed by atoms with Crippen molar-refractivity contribution in [2.45, 2.75) is 25.0 Å². The van der Waals surface area contributed by atoms with Gasteiger partial charge in [-0.3, -0.25) is 23.7 Å². The van der Waals surface area contributed by atoms with Gasteiger partial charge in [-0.2, -0.15) is 0 Å². The summed E-state index contributed by atoms with van der Waals surface area (Å²) >= 11 is 0. The Labute approximate surface area is 143 Å². The van der Waals surface area contributed by atoms with Crippen LogP contribution in [0.3, 0.4) is 0 Å². The maximum absolute atomic E-state index is 12.7. The van der Waals surface area contributed by atoms with Crippen LogP contribution in [0.15, 0.2) is 40.1 Å². The molecule has 2 heterocycles. The summed E-state index contributed by atoms with van der Waals surface area (Å²) in [6.07, 6.45) is 2.40. The summed E-state index contributed by atoms with van der Waals surface area (Å²) in [5.74, 6) is -0.466. The summed E-state index contributed by atoms with van der Waals surface area (Å²) in [7, 11) is 2.80. The van der Waals surface area contributed by atoms with Gasteiger partial charge in [0, 0.05) is 26.4 Å². The minimum absolute atomic E-state index is 0.00565. The SMILES string of the molecule is Cn1c(C(=O)NC(c2ccccn2)C2CC(O)C2)cc(=O)n(C)c1=O. The van der Waals surface area contributed by atoms with Gasteiger partial charge in [0.15, 0.2) is 0 Å². The average molecular weight is 344 g/mol. The number of pyridine rings is 1.